The first kappa shape index (κ1) is 23.4. The summed E-state index contributed by atoms with van der Waals surface area (Å²) in [6.07, 6.45) is 1.89. The van der Waals surface area contributed by atoms with Gasteiger partial charge in [-0.2, -0.15) is 0 Å². The highest BCUT2D eigenvalue weighted by atomic mass is 35.5. The van der Waals surface area contributed by atoms with E-state index < -0.39 is 0 Å². The lowest BCUT2D eigenvalue weighted by molar-refractivity contribution is -0.136. The molecule has 182 valence electrons. The Hall–Kier alpha value is -3.32. The minimum atomic E-state index is -0.00969. The number of nitrogens with zero attached hydrogens (tertiary/aromatic N) is 5. The van der Waals surface area contributed by atoms with Gasteiger partial charge in [0.2, 0.25) is 5.91 Å². The number of piperidine rings is 1. The summed E-state index contributed by atoms with van der Waals surface area (Å²) in [6, 6.07) is 19.7. The van der Waals surface area contributed by atoms with Gasteiger partial charge in [0.15, 0.2) is 5.82 Å². The maximum atomic E-state index is 13.3. The van der Waals surface area contributed by atoms with Gasteiger partial charge >= 0.3 is 0 Å². The predicted molar refractivity (Wildman–Crippen MR) is 139 cm³/mol. The Bertz CT molecular complexity index is 1150. The molecule has 2 aliphatic heterocycles. The van der Waals surface area contributed by atoms with E-state index in [1.165, 1.54) is 0 Å². The zero-order valence-electron chi connectivity index (χ0n) is 19.9. The third-order valence-electron chi connectivity index (χ3n) is 6.90. The van der Waals surface area contributed by atoms with Gasteiger partial charge in [-0.25, -0.2) is 0 Å². The standard InChI is InChI=1S/C27H30ClN5O2/c1-35-24-9-7-20(8-10-24)25-11-12-26(30-29-25)33-13-3-4-21(19-33)27(34)32-16-14-31(15-17-32)23-6-2-5-22(28)18-23/h2,5-12,18,21H,3-4,13-17,19H2,1H3. The number of amides is 1. The van der Waals surface area contributed by atoms with Crippen LogP contribution in [0.5, 0.6) is 5.75 Å². The Morgan fingerprint density at radius 3 is 2.43 bits per heavy atom. The second-order valence-electron chi connectivity index (χ2n) is 9.08. The molecule has 2 saturated heterocycles. The number of ether oxygens (including phenoxy) is 1. The number of aromatic nitrogens is 2. The quantitative estimate of drug-likeness (QED) is 0.528. The molecule has 1 amide bonds. The molecule has 0 aliphatic carbocycles. The number of carbonyl (C=O) groups excluding carboxylic acids is 1. The number of halogens is 1. The molecule has 3 heterocycles. The molecule has 8 heteroatoms. The number of anilines is 2. The molecule has 0 radical (unpaired) electrons. The molecule has 0 saturated carbocycles. The molecular weight excluding hydrogens is 462 g/mol. The van der Waals surface area contributed by atoms with Crippen LogP contribution in [-0.4, -0.2) is 67.4 Å². The molecule has 1 unspecified atom stereocenters. The van der Waals surface area contributed by atoms with Crippen LogP contribution < -0.4 is 14.5 Å². The van der Waals surface area contributed by atoms with Crippen LogP contribution in [-0.2, 0) is 4.79 Å². The second kappa shape index (κ2) is 10.5. The molecule has 2 fully saturated rings. The average Bonchev–Trinajstić information content (AvgIpc) is 2.93. The minimum absolute atomic E-state index is 0.00969. The molecule has 3 aromatic rings. The van der Waals surface area contributed by atoms with Gasteiger partial charge in [0.25, 0.3) is 0 Å². The SMILES string of the molecule is COc1ccc(-c2ccc(N3CCCC(C(=O)N4CCN(c5cccc(Cl)c5)CC4)C3)nn2)cc1. The number of carbonyl (C=O) groups is 1. The van der Waals surface area contributed by atoms with E-state index in [1.54, 1.807) is 7.11 Å². The predicted octanol–water partition coefficient (Wildman–Crippen LogP) is 4.37. The topological polar surface area (TPSA) is 61.8 Å². The van der Waals surface area contributed by atoms with Crippen LogP contribution in [0.15, 0.2) is 60.7 Å². The van der Waals surface area contributed by atoms with Gasteiger partial charge in [0.05, 0.1) is 18.7 Å². The van der Waals surface area contributed by atoms with E-state index in [-0.39, 0.29) is 11.8 Å². The van der Waals surface area contributed by atoms with Crippen molar-refractivity contribution in [1.82, 2.24) is 15.1 Å². The third-order valence-corrected chi connectivity index (χ3v) is 7.13. The van der Waals surface area contributed by atoms with E-state index in [0.29, 0.717) is 6.54 Å². The smallest absolute Gasteiger partial charge is 0.227 e. The van der Waals surface area contributed by atoms with Crippen LogP contribution in [0.3, 0.4) is 0 Å². The zero-order chi connectivity index (χ0) is 24.2. The highest BCUT2D eigenvalue weighted by molar-refractivity contribution is 6.30. The van der Waals surface area contributed by atoms with Crippen molar-refractivity contribution < 1.29 is 9.53 Å². The van der Waals surface area contributed by atoms with Crippen molar-refractivity contribution >= 4 is 29.0 Å². The Morgan fingerprint density at radius 2 is 1.74 bits per heavy atom. The van der Waals surface area contributed by atoms with E-state index >= 15 is 0 Å². The monoisotopic (exact) mass is 491 g/mol. The highest BCUT2D eigenvalue weighted by Crippen LogP contribution is 2.26. The Kier molecular flexibility index (Phi) is 7.04. The average molecular weight is 492 g/mol. The number of methoxy groups -OCH3 is 1. The molecule has 2 aromatic carbocycles. The maximum absolute atomic E-state index is 13.3. The van der Waals surface area contributed by atoms with Gasteiger partial charge in [-0.1, -0.05) is 17.7 Å². The normalized spacial score (nSPS) is 18.5. The van der Waals surface area contributed by atoms with Crippen LogP contribution in [0.2, 0.25) is 5.02 Å². The second-order valence-corrected chi connectivity index (χ2v) is 9.52. The summed E-state index contributed by atoms with van der Waals surface area (Å²) >= 11 is 6.15. The van der Waals surface area contributed by atoms with Crippen molar-refractivity contribution in [1.29, 1.82) is 0 Å². The molecule has 0 spiro atoms. The number of piperazine rings is 1. The molecule has 35 heavy (non-hydrogen) atoms. The molecule has 0 bridgehead atoms. The molecule has 7 nitrogen and oxygen atoms in total. The van der Waals surface area contributed by atoms with Gasteiger partial charge < -0.3 is 19.4 Å². The van der Waals surface area contributed by atoms with Crippen LogP contribution >= 0.6 is 11.6 Å². The van der Waals surface area contributed by atoms with Crippen molar-refractivity contribution in [3.05, 3.63) is 65.7 Å². The molecule has 1 aromatic heterocycles. The Labute approximate surface area is 211 Å². The van der Waals surface area contributed by atoms with Crippen molar-refractivity contribution in [3.8, 4) is 17.0 Å². The van der Waals surface area contributed by atoms with Gasteiger partial charge in [0, 0.05) is 55.5 Å². The summed E-state index contributed by atoms with van der Waals surface area (Å²) in [5, 5.41) is 9.66. The van der Waals surface area contributed by atoms with Crippen LogP contribution in [0.25, 0.3) is 11.3 Å². The van der Waals surface area contributed by atoms with Crippen molar-refractivity contribution in [3.63, 3.8) is 0 Å². The molecular formula is C27H30ClN5O2. The largest absolute Gasteiger partial charge is 0.497 e. The lowest BCUT2D eigenvalue weighted by atomic mass is 9.96. The van der Waals surface area contributed by atoms with Crippen molar-refractivity contribution in [2.24, 2.45) is 5.92 Å². The minimum Gasteiger partial charge on any atom is -0.497 e. The van der Waals surface area contributed by atoms with Crippen LogP contribution in [0.1, 0.15) is 12.8 Å². The summed E-state index contributed by atoms with van der Waals surface area (Å²) in [7, 11) is 1.65. The summed E-state index contributed by atoms with van der Waals surface area (Å²) in [6.45, 7) is 4.69. The van der Waals surface area contributed by atoms with E-state index in [1.807, 2.05) is 59.5 Å². The van der Waals surface area contributed by atoms with E-state index in [9.17, 15) is 4.79 Å². The number of rotatable bonds is 5. The first-order valence-electron chi connectivity index (χ1n) is 12.1. The summed E-state index contributed by atoms with van der Waals surface area (Å²) in [5.41, 5.74) is 2.93. The fraction of sp³-hybridized carbons (Fsp3) is 0.370. The van der Waals surface area contributed by atoms with E-state index in [4.69, 9.17) is 16.3 Å². The third kappa shape index (κ3) is 5.35. The first-order valence-corrected chi connectivity index (χ1v) is 12.5. The molecule has 2 aliphatic rings. The fourth-order valence-electron chi connectivity index (χ4n) is 4.91. The lowest BCUT2D eigenvalue weighted by Crippen LogP contribution is -2.52. The van der Waals surface area contributed by atoms with Gasteiger partial charge in [0.1, 0.15) is 5.75 Å². The summed E-state index contributed by atoms with van der Waals surface area (Å²) in [5.74, 6) is 1.88. The Balaban J connectivity index is 1.18. The Morgan fingerprint density at radius 1 is 0.943 bits per heavy atom. The van der Waals surface area contributed by atoms with Crippen molar-refractivity contribution in [2.75, 3.05) is 56.2 Å². The molecule has 5 rings (SSSR count). The summed E-state index contributed by atoms with van der Waals surface area (Å²) in [4.78, 5) is 19.8. The van der Waals surface area contributed by atoms with Gasteiger partial charge in [-0.05, 0) is 67.4 Å². The fourth-order valence-corrected chi connectivity index (χ4v) is 5.10. The first-order chi connectivity index (χ1) is 17.1. The molecule has 0 N–H and O–H groups in total. The van der Waals surface area contributed by atoms with E-state index in [0.717, 1.165) is 79.1 Å². The van der Waals surface area contributed by atoms with Gasteiger partial charge in [-0.15, -0.1) is 10.2 Å². The molecule has 1 atom stereocenters. The lowest BCUT2D eigenvalue weighted by Gasteiger charge is -2.40. The van der Waals surface area contributed by atoms with E-state index in [2.05, 4.69) is 26.1 Å². The van der Waals surface area contributed by atoms with Gasteiger partial charge in [-0.3, -0.25) is 4.79 Å². The zero-order valence-corrected chi connectivity index (χ0v) is 20.7. The van der Waals surface area contributed by atoms with Crippen LogP contribution in [0, 0.1) is 5.92 Å². The number of hydrogen-bond acceptors (Lipinski definition) is 6. The summed E-state index contributed by atoms with van der Waals surface area (Å²) < 4.78 is 5.23. The van der Waals surface area contributed by atoms with Crippen LogP contribution in [0.4, 0.5) is 11.5 Å². The number of hydrogen-bond donors (Lipinski definition) is 0. The maximum Gasteiger partial charge on any atom is 0.227 e. The van der Waals surface area contributed by atoms with Crippen molar-refractivity contribution in [2.45, 2.75) is 12.8 Å². The number of benzene rings is 2. The highest BCUT2D eigenvalue weighted by Gasteiger charge is 2.31.